The van der Waals surface area contributed by atoms with Crippen LogP contribution < -0.4 is 0 Å². The molecule has 0 amide bonds. The first-order chi connectivity index (χ1) is 14.5. The van der Waals surface area contributed by atoms with E-state index in [0.29, 0.717) is 11.4 Å². The van der Waals surface area contributed by atoms with Crippen LogP contribution in [0.5, 0.6) is 11.5 Å². The quantitative estimate of drug-likeness (QED) is 0.508. The summed E-state index contributed by atoms with van der Waals surface area (Å²) >= 11 is 0. The van der Waals surface area contributed by atoms with Crippen LogP contribution in [0.4, 0.5) is 11.4 Å². The van der Waals surface area contributed by atoms with Gasteiger partial charge in [-0.05, 0) is 24.3 Å². The van der Waals surface area contributed by atoms with Crippen molar-refractivity contribution in [2.45, 2.75) is 0 Å². The van der Waals surface area contributed by atoms with E-state index in [0.717, 1.165) is 11.6 Å². The number of phenolic OH excluding ortho intramolecular Hbond substituents is 2. The number of hydrogen-bond acceptors (Lipinski definition) is 6. The lowest BCUT2D eigenvalue weighted by Gasteiger charge is -1.97. The van der Waals surface area contributed by atoms with Gasteiger partial charge in [-0.2, -0.15) is 0 Å². The Morgan fingerprint density at radius 2 is 1.10 bits per heavy atom. The Balaban J connectivity index is 0.000000171. The molecule has 0 spiro atoms. The molecule has 4 aromatic rings. The number of aliphatic imine (C=N–C) groups is 2. The molecule has 0 radical (unpaired) electrons. The molecule has 0 saturated heterocycles. The topological polar surface area (TPSA) is 101 Å². The van der Waals surface area contributed by atoms with Crippen molar-refractivity contribution in [3.63, 3.8) is 0 Å². The van der Waals surface area contributed by atoms with Crippen LogP contribution in [0.1, 0.15) is 11.6 Å². The third-order valence-electron chi connectivity index (χ3n) is 4.12. The maximum atomic E-state index is 9.47. The Bertz CT molecular complexity index is 1070. The number of hydrogen-bond donors (Lipinski definition) is 2. The molecule has 0 fully saturated rings. The minimum atomic E-state index is 0.169. The number of phenols is 2. The molecule has 0 saturated carbocycles. The summed E-state index contributed by atoms with van der Waals surface area (Å²) in [6.45, 7) is 0. The van der Waals surface area contributed by atoms with Gasteiger partial charge in [0.25, 0.3) is 0 Å². The highest BCUT2D eigenvalue weighted by Crippen LogP contribution is 2.25. The van der Waals surface area contributed by atoms with Crippen LogP contribution in [0, 0.1) is 0 Å². The molecule has 30 heavy (non-hydrogen) atoms. The molecule has 8 nitrogen and oxygen atoms in total. The SMILES string of the molecule is Cn1ccnc1C=Nc1ccccc1O.Cn1ccnc1C=Nc1ccccc1O. The predicted octanol–water partition coefficient (Wildman–Crippen LogP) is 3.75. The van der Waals surface area contributed by atoms with E-state index in [2.05, 4.69) is 20.0 Å². The number of aromatic hydroxyl groups is 2. The van der Waals surface area contributed by atoms with Crippen molar-refractivity contribution in [2.75, 3.05) is 0 Å². The summed E-state index contributed by atoms with van der Waals surface area (Å²) in [7, 11) is 3.78. The van der Waals surface area contributed by atoms with Gasteiger partial charge in [-0.25, -0.2) is 20.0 Å². The van der Waals surface area contributed by atoms with Crippen LogP contribution in [0.25, 0.3) is 0 Å². The van der Waals surface area contributed by atoms with Crippen molar-refractivity contribution in [3.05, 3.63) is 85.0 Å². The van der Waals surface area contributed by atoms with Gasteiger partial charge >= 0.3 is 0 Å². The molecular formula is C22H22N6O2. The first-order valence-corrected chi connectivity index (χ1v) is 9.13. The molecular weight excluding hydrogens is 380 g/mol. The molecule has 0 aliphatic rings. The zero-order valence-corrected chi connectivity index (χ0v) is 16.7. The van der Waals surface area contributed by atoms with Gasteiger partial charge in [0.05, 0.1) is 12.4 Å². The second-order valence-electron chi connectivity index (χ2n) is 6.29. The van der Waals surface area contributed by atoms with Crippen LogP contribution in [0.15, 0.2) is 83.3 Å². The fourth-order valence-electron chi connectivity index (χ4n) is 2.40. The summed E-state index contributed by atoms with van der Waals surface area (Å²) in [4.78, 5) is 16.5. The molecule has 2 N–H and O–H groups in total. The molecule has 0 aliphatic carbocycles. The van der Waals surface area contributed by atoms with Gasteiger partial charge in [0.1, 0.15) is 22.9 Å². The number of rotatable bonds is 4. The Morgan fingerprint density at radius 1 is 0.700 bits per heavy atom. The van der Waals surface area contributed by atoms with Crippen molar-refractivity contribution in [1.29, 1.82) is 0 Å². The standard InChI is InChI=1S/2C11H11N3O/c2*1-14-7-6-12-11(14)8-13-9-4-2-3-5-10(9)15/h2*2-8,15H,1H3. The molecule has 4 rings (SSSR count). The molecule has 0 atom stereocenters. The highest BCUT2D eigenvalue weighted by atomic mass is 16.3. The molecule has 0 unspecified atom stereocenters. The smallest absolute Gasteiger partial charge is 0.150 e. The normalized spacial score (nSPS) is 11.0. The Morgan fingerprint density at radius 3 is 1.43 bits per heavy atom. The van der Waals surface area contributed by atoms with E-state index in [9.17, 15) is 10.2 Å². The van der Waals surface area contributed by atoms with Gasteiger partial charge in [0, 0.05) is 38.9 Å². The number of benzene rings is 2. The fourth-order valence-corrected chi connectivity index (χ4v) is 2.40. The van der Waals surface area contributed by atoms with Crippen molar-refractivity contribution in [1.82, 2.24) is 19.1 Å². The summed E-state index contributed by atoms with van der Waals surface area (Å²) in [6, 6.07) is 13.9. The van der Waals surface area contributed by atoms with Gasteiger partial charge in [-0.1, -0.05) is 24.3 Å². The third kappa shape index (κ3) is 5.41. The van der Waals surface area contributed by atoms with Crippen LogP contribution in [0.3, 0.4) is 0 Å². The van der Waals surface area contributed by atoms with Crippen molar-refractivity contribution in [2.24, 2.45) is 24.1 Å². The molecule has 152 valence electrons. The Labute approximate surface area is 174 Å². The summed E-state index contributed by atoms with van der Waals surface area (Å²) < 4.78 is 3.70. The highest BCUT2D eigenvalue weighted by Gasteiger charge is 1.98. The van der Waals surface area contributed by atoms with E-state index in [-0.39, 0.29) is 11.5 Å². The highest BCUT2D eigenvalue weighted by molar-refractivity contribution is 5.79. The maximum Gasteiger partial charge on any atom is 0.150 e. The molecule has 8 heteroatoms. The lowest BCUT2D eigenvalue weighted by molar-refractivity contribution is 0.476. The number of aryl methyl sites for hydroxylation is 2. The molecule has 0 bridgehead atoms. The van der Waals surface area contributed by atoms with Crippen LogP contribution in [-0.4, -0.2) is 41.7 Å². The van der Waals surface area contributed by atoms with E-state index in [1.54, 1.807) is 61.2 Å². The van der Waals surface area contributed by atoms with Crippen molar-refractivity contribution >= 4 is 23.8 Å². The van der Waals surface area contributed by atoms with Crippen LogP contribution in [-0.2, 0) is 14.1 Å². The van der Waals surface area contributed by atoms with Gasteiger partial charge in [-0.15, -0.1) is 0 Å². The zero-order chi connectivity index (χ0) is 21.3. The number of aromatic nitrogens is 4. The zero-order valence-electron chi connectivity index (χ0n) is 16.7. The molecule has 2 aromatic carbocycles. The first kappa shape index (κ1) is 20.5. The molecule has 2 heterocycles. The second kappa shape index (κ2) is 9.83. The van der Waals surface area contributed by atoms with Crippen molar-refractivity contribution < 1.29 is 10.2 Å². The lowest BCUT2D eigenvalue weighted by atomic mass is 10.3. The summed E-state index contributed by atoms with van der Waals surface area (Å²) in [5.41, 5.74) is 1.08. The van der Waals surface area contributed by atoms with Gasteiger partial charge in [0.2, 0.25) is 0 Å². The van der Waals surface area contributed by atoms with E-state index in [4.69, 9.17) is 0 Å². The van der Waals surface area contributed by atoms with Gasteiger partial charge in [0.15, 0.2) is 11.6 Å². The van der Waals surface area contributed by atoms with E-state index >= 15 is 0 Å². The van der Waals surface area contributed by atoms with E-state index in [1.165, 1.54) is 0 Å². The van der Waals surface area contributed by atoms with E-state index < -0.39 is 0 Å². The number of imidazole rings is 2. The summed E-state index contributed by atoms with van der Waals surface area (Å²) in [5.74, 6) is 1.84. The Hall–Kier alpha value is -4.20. The minimum absolute atomic E-state index is 0.169. The van der Waals surface area contributed by atoms with Gasteiger partial charge < -0.3 is 19.3 Å². The summed E-state index contributed by atoms with van der Waals surface area (Å²) in [6.07, 6.45) is 10.3. The fraction of sp³-hybridized carbons (Fsp3) is 0.0909. The Kier molecular flexibility index (Phi) is 6.73. The number of nitrogens with zero attached hydrogens (tertiary/aromatic N) is 6. The monoisotopic (exact) mass is 402 g/mol. The van der Waals surface area contributed by atoms with Crippen molar-refractivity contribution in [3.8, 4) is 11.5 Å². The maximum absolute atomic E-state index is 9.47. The molecule has 0 aliphatic heterocycles. The average Bonchev–Trinajstić information content (AvgIpc) is 3.35. The average molecular weight is 402 g/mol. The first-order valence-electron chi connectivity index (χ1n) is 9.13. The van der Waals surface area contributed by atoms with Crippen LogP contribution in [0.2, 0.25) is 0 Å². The van der Waals surface area contributed by atoms with E-state index in [1.807, 2.05) is 47.8 Å². The lowest BCUT2D eigenvalue weighted by Crippen LogP contribution is -1.94. The second-order valence-corrected chi connectivity index (χ2v) is 6.29. The molecule has 2 aromatic heterocycles. The largest absolute Gasteiger partial charge is 0.506 e. The summed E-state index contributed by atoms with van der Waals surface area (Å²) in [5, 5.41) is 18.9. The minimum Gasteiger partial charge on any atom is -0.506 e. The predicted molar refractivity (Wildman–Crippen MR) is 117 cm³/mol. The van der Waals surface area contributed by atoms with Crippen LogP contribution >= 0.6 is 0 Å². The number of para-hydroxylation sites is 4. The van der Waals surface area contributed by atoms with Gasteiger partial charge in [-0.3, -0.25) is 0 Å². The third-order valence-corrected chi connectivity index (χ3v) is 4.12.